The number of alkyl halides is 2. The summed E-state index contributed by atoms with van der Waals surface area (Å²) in [4.78, 5) is 0. The predicted molar refractivity (Wildman–Crippen MR) is 76.9 cm³/mol. The minimum absolute atomic E-state index is 0.0398. The lowest BCUT2D eigenvalue weighted by Gasteiger charge is -2.17. The van der Waals surface area contributed by atoms with E-state index in [0.29, 0.717) is 25.3 Å². The van der Waals surface area contributed by atoms with E-state index in [4.69, 9.17) is 9.84 Å². The molecule has 1 aromatic rings. The molecular formula is C15H23F2NO3. The van der Waals surface area contributed by atoms with Crippen LogP contribution in [0, 0.1) is 0 Å². The van der Waals surface area contributed by atoms with E-state index in [1.807, 2.05) is 6.92 Å². The fourth-order valence-electron chi connectivity index (χ4n) is 1.99. The summed E-state index contributed by atoms with van der Waals surface area (Å²) in [5, 5.41) is 12.3. The van der Waals surface area contributed by atoms with E-state index < -0.39 is 6.61 Å². The first kappa shape index (κ1) is 17.7. The molecular weight excluding hydrogens is 280 g/mol. The first-order valence-electron chi connectivity index (χ1n) is 7.15. The van der Waals surface area contributed by atoms with E-state index in [0.717, 1.165) is 12.0 Å². The van der Waals surface area contributed by atoms with Gasteiger partial charge in [-0.2, -0.15) is 8.78 Å². The summed E-state index contributed by atoms with van der Waals surface area (Å²) in [6.07, 6.45) is 1.59. The third kappa shape index (κ3) is 6.27. The molecule has 0 heterocycles. The molecule has 1 unspecified atom stereocenters. The fraction of sp³-hybridized carbons (Fsp3) is 0.600. The summed E-state index contributed by atoms with van der Waals surface area (Å²) >= 11 is 0. The van der Waals surface area contributed by atoms with E-state index >= 15 is 0 Å². The van der Waals surface area contributed by atoms with E-state index in [1.54, 1.807) is 19.1 Å². The lowest BCUT2D eigenvalue weighted by atomic mass is 10.1. The van der Waals surface area contributed by atoms with Crippen molar-refractivity contribution in [1.82, 2.24) is 5.32 Å². The number of aliphatic hydroxyl groups is 1. The van der Waals surface area contributed by atoms with Gasteiger partial charge >= 0.3 is 6.61 Å². The molecule has 1 aromatic carbocycles. The Bertz CT molecular complexity index is 416. The Morgan fingerprint density at radius 1 is 1.24 bits per heavy atom. The van der Waals surface area contributed by atoms with Crippen molar-refractivity contribution in [1.29, 1.82) is 0 Å². The fourth-order valence-corrected chi connectivity index (χ4v) is 1.99. The van der Waals surface area contributed by atoms with Crippen LogP contribution in [0.3, 0.4) is 0 Å². The van der Waals surface area contributed by atoms with Crippen molar-refractivity contribution in [3.63, 3.8) is 0 Å². The number of rotatable bonds is 10. The van der Waals surface area contributed by atoms with Gasteiger partial charge in [0, 0.05) is 19.2 Å². The van der Waals surface area contributed by atoms with Gasteiger partial charge in [-0.25, -0.2) is 0 Å². The molecule has 0 aliphatic rings. The van der Waals surface area contributed by atoms with Crippen LogP contribution in [0.4, 0.5) is 8.78 Å². The molecule has 6 heteroatoms. The Labute approximate surface area is 124 Å². The highest BCUT2D eigenvalue weighted by molar-refractivity contribution is 5.43. The molecule has 0 spiro atoms. The van der Waals surface area contributed by atoms with Gasteiger partial charge in [0.25, 0.3) is 0 Å². The number of nitrogens with one attached hydrogen (secondary N) is 1. The third-order valence-corrected chi connectivity index (χ3v) is 3.09. The van der Waals surface area contributed by atoms with Gasteiger partial charge < -0.3 is 19.9 Å². The van der Waals surface area contributed by atoms with E-state index in [-0.39, 0.29) is 18.4 Å². The van der Waals surface area contributed by atoms with Crippen molar-refractivity contribution in [3.8, 4) is 11.5 Å². The van der Waals surface area contributed by atoms with Crippen LogP contribution in [-0.4, -0.2) is 31.0 Å². The number of aliphatic hydroxyl groups excluding tert-OH is 1. The maximum atomic E-state index is 12.3. The summed E-state index contributed by atoms with van der Waals surface area (Å²) in [5.74, 6) is 0.352. The second-order valence-electron chi connectivity index (χ2n) is 4.59. The maximum absolute atomic E-state index is 12.3. The second-order valence-corrected chi connectivity index (χ2v) is 4.59. The highest BCUT2D eigenvalue weighted by Gasteiger charge is 2.12. The maximum Gasteiger partial charge on any atom is 0.387 e. The number of hydrogen-bond acceptors (Lipinski definition) is 4. The molecule has 0 radical (unpaired) electrons. The zero-order valence-electron chi connectivity index (χ0n) is 12.4. The predicted octanol–water partition coefficient (Wildman–Crippen LogP) is 2.94. The highest BCUT2D eigenvalue weighted by Crippen LogP contribution is 2.29. The molecule has 0 saturated carbocycles. The quantitative estimate of drug-likeness (QED) is 0.698. The van der Waals surface area contributed by atoms with Crippen molar-refractivity contribution in [2.75, 3.05) is 13.2 Å². The molecule has 0 aliphatic carbocycles. The van der Waals surface area contributed by atoms with Crippen molar-refractivity contribution in [3.05, 3.63) is 23.8 Å². The van der Waals surface area contributed by atoms with Gasteiger partial charge in [-0.15, -0.1) is 0 Å². The Morgan fingerprint density at radius 2 is 2.00 bits per heavy atom. The molecule has 1 atom stereocenters. The molecule has 0 aromatic heterocycles. The van der Waals surface area contributed by atoms with Gasteiger partial charge in [-0.05, 0) is 37.5 Å². The van der Waals surface area contributed by atoms with Crippen molar-refractivity contribution in [2.45, 2.75) is 45.9 Å². The molecule has 0 aliphatic heterocycles. The number of halogens is 2. The second kappa shape index (κ2) is 9.52. The van der Waals surface area contributed by atoms with Crippen LogP contribution in [0.25, 0.3) is 0 Å². The molecule has 1 rings (SSSR count). The average molecular weight is 303 g/mol. The Hall–Kier alpha value is -1.40. The van der Waals surface area contributed by atoms with Crippen LogP contribution in [0.5, 0.6) is 11.5 Å². The Morgan fingerprint density at radius 3 is 2.57 bits per heavy atom. The monoisotopic (exact) mass is 303 g/mol. The topological polar surface area (TPSA) is 50.7 Å². The minimum Gasteiger partial charge on any atom is -0.490 e. The molecule has 4 nitrogen and oxygen atoms in total. The van der Waals surface area contributed by atoms with E-state index in [1.165, 1.54) is 6.07 Å². The summed E-state index contributed by atoms with van der Waals surface area (Å²) in [6, 6.07) is 5.13. The molecule has 120 valence electrons. The van der Waals surface area contributed by atoms with Crippen LogP contribution < -0.4 is 14.8 Å². The summed E-state index contributed by atoms with van der Waals surface area (Å²) < 4.78 is 34.4. The molecule has 0 fully saturated rings. The zero-order chi connectivity index (χ0) is 15.7. The van der Waals surface area contributed by atoms with Gasteiger partial charge in [-0.3, -0.25) is 0 Å². The third-order valence-electron chi connectivity index (χ3n) is 3.09. The van der Waals surface area contributed by atoms with Gasteiger partial charge in [0.1, 0.15) is 0 Å². The Kier molecular flexibility index (Phi) is 8.00. The van der Waals surface area contributed by atoms with Crippen molar-refractivity contribution >= 4 is 0 Å². The number of benzene rings is 1. The normalized spacial score (nSPS) is 12.5. The smallest absolute Gasteiger partial charge is 0.387 e. The van der Waals surface area contributed by atoms with Crippen LogP contribution >= 0.6 is 0 Å². The minimum atomic E-state index is -2.87. The molecule has 0 saturated heterocycles. The summed E-state index contributed by atoms with van der Waals surface area (Å²) in [7, 11) is 0. The average Bonchev–Trinajstić information content (AvgIpc) is 2.45. The van der Waals surface area contributed by atoms with Gasteiger partial charge in [0.05, 0.1) is 6.61 Å². The van der Waals surface area contributed by atoms with Gasteiger partial charge in [-0.1, -0.05) is 13.0 Å². The highest BCUT2D eigenvalue weighted by atomic mass is 19.3. The summed E-state index contributed by atoms with van der Waals surface area (Å²) in [5.41, 5.74) is 0.913. The number of ether oxygens (including phenoxy) is 2. The first-order valence-corrected chi connectivity index (χ1v) is 7.15. The van der Waals surface area contributed by atoms with Crippen LogP contribution in [0.15, 0.2) is 18.2 Å². The van der Waals surface area contributed by atoms with Crippen LogP contribution in [-0.2, 0) is 6.54 Å². The lowest BCUT2D eigenvalue weighted by Crippen LogP contribution is -2.28. The number of hydrogen-bond donors (Lipinski definition) is 2. The first-order chi connectivity index (χ1) is 10.1. The van der Waals surface area contributed by atoms with Crippen LogP contribution in [0.2, 0.25) is 0 Å². The van der Waals surface area contributed by atoms with E-state index in [2.05, 4.69) is 10.1 Å². The summed E-state index contributed by atoms with van der Waals surface area (Å²) in [6.45, 7) is 2.04. The molecule has 2 N–H and O–H groups in total. The Balaban J connectivity index is 2.72. The molecule has 0 bridgehead atoms. The van der Waals surface area contributed by atoms with Crippen molar-refractivity contribution < 1.29 is 23.4 Å². The molecule has 0 amide bonds. The van der Waals surface area contributed by atoms with Crippen LogP contribution in [0.1, 0.15) is 32.3 Å². The van der Waals surface area contributed by atoms with E-state index in [9.17, 15) is 8.78 Å². The standard InChI is InChI=1S/C15H23F2NO3/c1-3-12(7-8-19)18-10-11-5-6-13(21-15(16)17)14(9-11)20-4-2/h5-6,9,12,15,18-19H,3-4,7-8,10H2,1-2H3. The van der Waals surface area contributed by atoms with Crippen molar-refractivity contribution in [2.24, 2.45) is 0 Å². The zero-order valence-corrected chi connectivity index (χ0v) is 12.4. The largest absolute Gasteiger partial charge is 0.490 e. The van der Waals surface area contributed by atoms with Gasteiger partial charge in [0.2, 0.25) is 0 Å². The SMILES string of the molecule is CCOc1cc(CNC(CC)CCO)ccc1OC(F)F. The lowest BCUT2D eigenvalue weighted by molar-refractivity contribution is -0.0514. The van der Waals surface area contributed by atoms with Gasteiger partial charge in [0.15, 0.2) is 11.5 Å². The molecule has 21 heavy (non-hydrogen) atoms.